The summed E-state index contributed by atoms with van der Waals surface area (Å²) in [5.74, 6) is -0.535. The maximum absolute atomic E-state index is 12.0. The third kappa shape index (κ3) is 3.73. The van der Waals surface area contributed by atoms with Crippen LogP contribution in [0.5, 0.6) is 0 Å². The van der Waals surface area contributed by atoms with Gasteiger partial charge in [0.2, 0.25) is 0 Å². The predicted molar refractivity (Wildman–Crippen MR) is 59.2 cm³/mol. The largest absolute Gasteiger partial charge is 0.415 e. The highest BCUT2D eigenvalue weighted by atomic mass is 35.5. The van der Waals surface area contributed by atoms with Gasteiger partial charge in [-0.25, -0.2) is 0 Å². The molecule has 1 N–H and O–H groups in total. The Morgan fingerprint density at radius 3 is 2.19 bits per heavy atom. The van der Waals surface area contributed by atoms with Gasteiger partial charge >= 0.3 is 6.18 Å². The van der Waals surface area contributed by atoms with Gasteiger partial charge in [-0.1, -0.05) is 29.3 Å². The van der Waals surface area contributed by atoms with Crippen molar-refractivity contribution in [1.29, 1.82) is 0 Å². The molecular weight excluding hydrogens is 284 g/mol. The van der Waals surface area contributed by atoms with Gasteiger partial charge in [0.15, 0.2) is 6.10 Å². The molecule has 0 heterocycles. The average molecular weight is 291 g/mol. The van der Waals surface area contributed by atoms with Gasteiger partial charge in [0, 0.05) is 10.6 Å². The summed E-state index contributed by atoms with van der Waals surface area (Å²) in [4.78, 5) is 0.342. The molecular formula is C9H7Cl2F3OS. The summed E-state index contributed by atoms with van der Waals surface area (Å²) in [5.41, 5.74) is 0. The summed E-state index contributed by atoms with van der Waals surface area (Å²) < 4.78 is 36.1. The molecule has 90 valence electrons. The van der Waals surface area contributed by atoms with E-state index in [1.165, 1.54) is 12.1 Å². The van der Waals surface area contributed by atoms with E-state index >= 15 is 0 Å². The highest BCUT2D eigenvalue weighted by Gasteiger charge is 2.38. The molecule has 0 aliphatic carbocycles. The summed E-state index contributed by atoms with van der Waals surface area (Å²) >= 11 is 12.3. The molecule has 0 aliphatic heterocycles. The maximum atomic E-state index is 12.0. The molecule has 1 aromatic carbocycles. The first-order chi connectivity index (χ1) is 7.32. The molecule has 0 saturated carbocycles. The van der Waals surface area contributed by atoms with E-state index in [0.29, 0.717) is 4.90 Å². The molecule has 0 radical (unpaired) electrons. The molecule has 1 atom stereocenters. The second-order valence-electron chi connectivity index (χ2n) is 2.92. The lowest BCUT2D eigenvalue weighted by atomic mass is 10.4. The lowest BCUT2D eigenvalue weighted by Gasteiger charge is -2.14. The Balaban J connectivity index is 2.69. The SMILES string of the molecule is O[C@@H](CSc1c(Cl)cccc1Cl)C(F)(F)F. The summed E-state index contributed by atoms with van der Waals surface area (Å²) in [6.07, 6.45) is -7.01. The van der Waals surface area contributed by atoms with E-state index in [0.717, 1.165) is 11.8 Å². The van der Waals surface area contributed by atoms with Crippen LogP contribution < -0.4 is 0 Å². The van der Waals surface area contributed by atoms with Gasteiger partial charge in [-0.2, -0.15) is 13.2 Å². The zero-order chi connectivity index (χ0) is 12.3. The molecule has 16 heavy (non-hydrogen) atoms. The first-order valence-electron chi connectivity index (χ1n) is 4.14. The van der Waals surface area contributed by atoms with Gasteiger partial charge in [-0.05, 0) is 12.1 Å². The van der Waals surface area contributed by atoms with Gasteiger partial charge in [-0.3, -0.25) is 0 Å². The summed E-state index contributed by atoms with van der Waals surface area (Å²) in [7, 11) is 0. The fourth-order valence-electron chi connectivity index (χ4n) is 0.877. The van der Waals surface area contributed by atoms with Crippen LogP contribution in [-0.2, 0) is 0 Å². The Morgan fingerprint density at radius 2 is 1.75 bits per heavy atom. The van der Waals surface area contributed by atoms with Crippen LogP contribution in [0.15, 0.2) is 23.1 Å². The number of aliphatic hydroxyl groups is 1. The standard InChI is InChI=1S/C9H7Cl2F3OS/c10-5-2-1-3-6(11)8(5)16-4-7(15)9(12,13)14/h1-3,7,15H,4H2/t7-/m0/s1. The van der Waals surface area contributed by atoms with E-state index in [9.17, 15) is 13.2 Å². The second-order valence-corrected chi connectivity index (χ2v) is 4.76. The molecule has 0 fully saturated rings. The average Bonchev–Trinajstić information content (AvgIpc) is 2.15. The number of aliphatic hydroxyl groups excluding tert-OH is 1. The number of halogens is 5. The molecule has 0 unspecified atom stereocenters. The molecule has 1 rings (SSSR count). The normalized spacial score (nSPS) is 13.9. The van der Waals surface area contributed by atoms with E-state index in [1.54, 1.807) is 6.07 Å². The number of rotatable bonds is 3. The van der Waals surface area contributed by atoms with Crippen LogP contribution in [0.2, 0.25) is 10.0 Å². The zero-order valence-corrected chi connectivity index (χ0v) is 10.1. The first-order valence-corrected chi connectivity index (χ1v) is 5.88. The van der Waals surface area contributed by atoms with Crippen molar-refractivity contribution in [2.75, 3.05) is 5.75 Å². The highest BCUT2D eigenvalue weighted by Crippen LogP contribution is 2.35. The molecule has 0 bridgehead atoms. The van der Waals surface area contributed by atoms with Crippen molar-refractivity contribution in [2.24, 2.45) is 0 Å². The van der Waals surface area contributed by atoms with Crippen LogP contribution in [-0.4, -0.2) is 23.1 Å². The predicted octanol–water partition coefficient (Wildman–Crippen LogP) is 4.01. The van der Waals surface area contributed by atoms with Crippen LogP contribution in [0, 0.1) is 0 Å². The first kappa shape index (κ1) is 14.0. The Labute approximate surface area is 105 Å². The number of hydrogen-bond donors (Lipinski definition) is 1. The van der Waals surface area contributed by atoms with Gasteiger partial charge < -0.3 is 5.11 Å². The van der Waals surface area contributed by atoms with Crippen molar-refractivity contribution in [3.63, 3.8) is 0 Å². The highest BCUT2D eigenvalue weighted by molar-refractivity contribution is 7.99. The van der Waals surface area contributed by atoms with E-state index in [-0.39, 0.29) is 10.0 Å². The summed E-state index contributed by atoms with van der Waals surface area (Å²) in [6.45, 7) is 0. The monoisotopic (exact) mass is 290 g/mol. The van der Waals surface area contributed by atoms with E-state index in [1.807, 2.05) is 0 Å². The van der Waals surface area contributed by atoms with Gasteiger partial charge in [0.25, 0.3) is 0 Å². The van der Waals surface area contributed by atoms with Crippen molar-refractivity contribution in [3.8, 4) is 0 Å². The second kappa shape index (κ2) is 5.49. The smallest absolute Gasteiger partial charge is 0.383 e. The van der Waals surface area contributed by atoms with Crippen LogP contribution in [0.3, 0.4) is 0 Å². The van der Waals surface area contributed by atoms with Gasteiger partial charge in [-0.15, -0.1) is 11.8 Å². The number of benzene rings is 1. The van der Waals surface area contributed by atoms with E-state index in [2.05, 4.69) is 0 Å². The third-order valence-electron chi connectivity index (χ3n) is 1.68. The molecule has 1 nitrogen and oxygen atoms in total. The quantitative estimate of drug-likeness (QED) is 0.849. The van der Waals surface area contributed by atoms with Crippen molar-refractivity contribution in [2.45, 2.75) is 17.2 Å². The van der Waals surface area contributed by atoms with Crippen molar-refractivity contribution in [3.05, 3.63) is 28.2 Å². The van der Waals surface area contributed by atoms with Crippen molar-refractivity contribution in [1.82, 2.24) is 0 Å². The Bertz CT molecular complexity index is 350. The molecule has 0 aromatic heterocycles. The number of thioether (sulfide) groups is 1. The van der Waals surface area contributed by atoms with Gasteiger partial charge in [0.05, 0.1) is 10.0 Å². The maximum Gasteiger partial charge on any atom is 0.415 e. The Morgan fingerprint density at radius 1 is 1.25 bits per heavy atom. The number of alkyl halides is 3. The molecule has 7 heteroatoms. The summed E-state index contributed by atoms with van der Waals surface area (Å²) in [5, 5.41) is 9.34. The molecule has 0 amide bonds. The minimum atomic E-state index is -4.62. The number of hydrogen-bond acceptors (Lipinski definition) is 2. The van der Waals surface area contributed by atoms with Crippen LogP contribution >= 0.6 is 35.0 Å². The lowest BCUT2D eigenvalue weighted by Crippen LogP contribution is -2.30. The molecule has 0 spiro atoms. The van der Waals surface area contributed by atoms with Crippen LogP contribution in [0.25, 0.3) is 0 Å². The minimum Gasteiger partial charge on any atom is -0.383 e. The Hall–Kier alpha value is -0.100. The van der Waals surface area contributed by atoms with E-state index < -0.39 is 18.0 Å². The minimum absolute atomic E-state index is 0.270. The lowest BCUT2D eigenvalue weighted by molar-refractivity contribution is -0.195. The molecule has 0 aliphatic rings. The van der Waals surface area contributed by atoms with E-state index in [4.69, 9.17) is 28.3 Å². The Kier molecular flexibility index (Phi) is 4.79. The third-order valence-corrected chi connectivity index (χ3v) is 3.75. The molecule has 1 aromatic rings. The fourth-order valence-corrected chi connectivity index (χ4v) is 2.53. The summed E-state index contributed by atoms with van der Waals surface area (Å²) in [6, 6.07) is 4.64. The topological polar surface area (TPSA) is 20.2 Å². The van der Waals surface area contributed by atoms with Crippen LogP contribution in [0.1, 0.15) is 0 Å². The molecule has 0 saturated heterocycles. The zero-order valence-electron chi connectivity index (χ0n) is 7.76. The van der Waals surface area contributed by atoms with Crippen molar-refractivity contribution >= 4 is 35.0 Å². The van der Waals surface area contributed by atoms with Crippen molar-refractivity contribution < 1.29 is 18.3 Å². The van der Waals surface area contributed by atoms with Crippen LogP contribution in [0.4, 0.5) is 13.2 Å². The van der Waals surface area contributed by atoms with Gasteiger partial charge in [0.1, 0.15) is 0 Å². The fraction of sp³-hybridized carbons (Fsp3) is 0.333.